The van der Waals surface area contributed by atoms with Crippen molar-refractivity contribution in [2.75, 3.05) is 0 Å². The fourth-order valence-corrected chi connectivity index (χ4v) is 2.36. The number of hydrogen-bond acceptors (Lipinski definition) is 2. The molecule has 0 aliphatic heterocycles. The van der Waals surface area contributed by atoms with Crippen molar-refractivity contribution >= 4 is 11.3 Å². The number of rotatable bonds is 4. The van der Waals surface area contributed by atoms with Gasteiger partial charge in [0, 0.05) is 4.88 Å². The number of aliphatic hydroxyl groups is 1. The highest BCUT2D eigenvalue weighted by Gasteiger charge is 2.26. The zero-order valence-corrected chi connectivity index (χ0v) is 8.53. The van der Waals surface area contributed by atoms with Crippen LogP contribution in [0.25, 0.3) is 0 Å². The Balaban J connectivity index is 2.80. The monoisotopic (exact) mass is 184 g/mol. The summed E-state index contributed by atoms with van der Waals surface area (Å²) in [7, 11) is 0. The molecule has 0 aromatic carbocycles. The second-order valence-corrected chi connectivity index (χ2v) is 4.06. The Morgan fingerprint density at radius 1 is 1.50 bits per heavy atom. The first kappa shape index (κ1) is 9.75. The molecule has 1 atom stereocenters. The van der Waals surface area contributed by atoms with Gasteiger partial charge >= 0.3 is 0 Å². The van der Waals surface area contributed by atoms with Crippen LogP contribution in [0.1, 0.15) is 38.0 Å². The van der Waals surface area contributed by atoms with E-state index in [0.29, 0.717) is 0 Å². The van der Waals surface area contributed by atoms with Gasteiger partial charge in [0.15, 0.2) is 0 Å². The maximum absolute atomic E-state index is 10.2. The third-order valence-electron chi connectivity index (χ3n) is 2.23. The molecular weight excluding hydrogens is 168 g/mol. The summed E-state index contributed by atoms with van der Waals surface area (Å²) in [5.74, 6) is 0. The zero-order valence-electron chi connectivity index (χ0n) is 7.71. The molecule has 1 N–H and O–H groups in total. The highest BCUT2D eigenvalue weighted by atomic mass is 32.1. The highest BCUT2D eigenvalue weighted by Crippen LogP contribution is 2.32. The molecule has 0 aliphatic carbocycles. The second-order valence-electron chi connectivity index (χ2n) is 3.11. The summed E-state index contributed by atoms with van der Waals surface area (Å²) in [6.45, 7) is 4.14. The molecule has 0 aliphatic rings. The molecule has 0 fully saturated rings. The van der Waals surface area contributed by atoms with Crippen molar-refractivity contribution < 1.29 is 5.11 Å². The van der Waals surface area contributed by atoms with Gasteiger partial charge in [-0.3, -0.25) is 0 Å². The molecule has 1 aromatic heterocycles. The molecule has 0 saturated carbocycles. The fourth-order valence-electron chi connectivity index (χ4n) is 1.43. The number of thiophene rings is 1. The van der Waals surface area contributed by atoms with E-state index in [9.17, 15) is 5.11 Å². The smallest absolute Gasteiger partial charge is 0.0985 e. The molecule has 1 aromatic rings. The molecule has 0 bridgehead atoms. The van der Waals surface area contributed by atoms with Gasteiger partial charge in [-0.15, -0.1) is 11.3 Å². The lowest BCUT2D eigenvalue weighted by Crippen LogP contribution is -2.22. The van der Waals surface area contributed by atoms with Crippen LogP contribution in [-0.4, -0.2) is 5.11 Å². The summed E-state index contributed by atoms with van der Waals surface area (Å²) < 4.78 is 0. The van der Waals surface area contributed by atoms with E-state index >= 15 is 0 Å². The molecular formula is C10H16OS. The summed E-state index contributed by atoms with van der Waals surface area (Å²) in [6, 6.07) is 4.01. The predicted octanol–water partition coefficient (Wildman–Crippen LogP) is 3.15. The van der Waals surface area contributed by atoms with E-state index in [4.69, 9.17) is 0 Å². The lowest BCUT2D eigenvalue weighted by Gasteiger charge is -2.24. The third-order valence-corrected chi connectivity index (χ3v) is 3.29. The van der Waals surface area contributed by atoms with E-state index < -0.39 is 5.60 Å². The minimum atomic E-state index is -0.567. The van der Waals surface area contributed by atoms with Crippen LogP contribution in [0.5, 0.6) is 0 Å². The van der Waals surface area contributed by atoms with Gasteiger partial charge in [-0.2, -0.15) is 0 Å². The molecule has 0 saturated heterocycles. The van der Waals surface area contributed by atoms with Gasteiger partial charge in [0.05, 0.1) is 5.60 Å². The Bertz CT molecular complexity index is 218. The quantitative estimate of drug-likeness (QED) is 0.762. The molecule has 0 amide bonds. The third kappa shape index (κ3) is 1.87. The van der Waals surface area contributed by atoms with Crippen LogP contribution >= 0.6 is 11.3 Å². The largest absolute Gasteiger partial charge is 0.384 e. The molecule has 1 heterocycles. The van der Waals surface area contributed by atoms with Crippen LogP contribution in [-0.2, 0) is 5.60 Å². The topological polar surface area (TPSA) is 20.2 Å². The van der Waals surface area contributed by atoms with Gasteiger partial charge in [0.2, 0.25) is 0 Å². The minimum absolute atomic E-state index is 0.567. The van der Waals surface area contributed by atoms with Crippen LogP contribution < -0.4 is 0 Å². The highest BCUT2D eigenvalue weighted by molar-refractivity contribution is 7.10. The van der Waals surface area contributed by atoms with E-state index in [2.05, 4.69) is 6.92 Å². The van der Waals surface area contributed by atoms with Crippen molar-refractivity contribution in [3.05, 3.63) is 22.4 Å². The molecule has 0 spiro atoms. The van der Waals surface area contributed by atoms with Gasteiger partial charge in [-0.05, 0) is 24.3 Å². The Morgan fingerprint density at radius 2 is 2.25 bits per heavy atom. The normalized spacial score (nSPS) is 15.9. The Kier molecular flexibility index (Phi) is 3.29. The summed E-state index contributed by atoms with van der Waals surface area (Å²) in [6.07, 6.45) is 2.70. The van der Waals surface area contributed by atoms with Crippen molar-refractivity contribution in [1.29, 1.82) is 0 Å². The average Bonchev–Trinajstić information content (AvgIpc) is 2.57. The molecule has 12 heavy (non-hydrogen) atoms. The molecule has 68 valence electrons. The Hall–Kier alpha value is -0.340. The second kappa shape index (κ2) is 4.06. The van der Waals surface area contributed by atoms with Crippen LogP contribution in [0.15, 0.2) is 17.5 Å². The first-order valence-electron chi connectivity index (χ1n) is 4.49. The Labute approximate surface area is 78.1 Å². The maximum atomic E-state index is 10.2. The average molecular weight is 184 g/mol. The molecule has 1 rings (SSSR count). The summed E-state index contributed by atoms with van der Waals surface area (Å²) >= 11 is 1.64. The summed E-state index contributed by atoms with van der Waals surface area (Å²) in [5.41, 5.74) is -0.567. The van der Waals surface area contributed by atoms with Crippen LogP contribution in [0.3, 0.4) is 0 Å². The molecule has 1 unspecified atom stereocenters. The standard InChI is InChI=1S/C10H16OS/c1-3-7-10(11,4-2)9-6-5-8-12-9/h5-6,8,11H,3-4,7H2,1-2H3. The first-order chi connectivity index (χ1) is 5.73. The predicted molar refractivity (Wildman–Crippen MR) is 53.4 cm³/mol. The van der Waals surface area contributed by atoms with Crippen molar-refractivity contribution in [1.82, 2.24) is 0 Å². The lowest BCUT2D eigenvalue weighted by molar-refractivity contribution is 0.0263. The van der Waals surface area contributed by atoms with Gasteiger partial charge in [0.25, 0.3) is 0 Å². The summed E-state index contributed by atoms with van der Waals surface area (Å²) in [4.78, 5) is 1.10. The fraction of sp³-hybridized carbons (Fsp3) is 0.600. The van der Waals surface area contributed by atoms with Crippen molar-refractivity contribution in [2.45, 2.75) is 38.7 Å². The lowest BCUT2D eigenvalue weighted by atomic mass is 9.93. The Morgan fingerprint density at radius 3 is 2.67 bits per heavy atom. The molecule has 2 heteroatoms. The summed E-state index contributed by atoms with van der Waals surface area (Å²) in [5, 5.41) is 12.2. The van der Waals surface area contributed by atoms with Gasteiger partial charge < -0.3 is 5.11 Å². The van der Waals surface area contributed by atoms with Gasteiger partial charge in [0.1, 0.15) is 0 Å². The molecule has 0 radical (unpaired) electrons. The van der Waals surface area contributed by atoms with E-state index in [1.165, 1.54) is 0 Å². The minimum Gasteiger partial charge on any atom is -0.384 e. The van der Waals surface area contributed by atoms with E-state index in [1.54, 1.807) is 11.3 Å². The van der Waals surface area contributed by atoms with Crippen LogP contribution in [0.4, 0.5) is 0 Å². The van der Waals surface area contributed by atoms with Crippen molar-refractivity contribution in [3.63, 3.8) is 0 Å². The molecule has 1 nitrogen and oxygen atoms in total. The van der Waals surface area contributed by atoms with Gasteiger partial charge in [-0.25, -0.2) is 0 Å². The van der Waals surface area contributed by atoms with Crippen LogP contribution in [0.2, 0.25) is 0 Å². The van der Waals surface area contributed by atoms with E-state index in [0.717, 1.165) is 24.1 Å². The maximum Gasteiger partial charge on any atom is 0.0985 e. The van der Waals surface area contributed by atoms with Crippen molar-refractivity contribution in [3.8, 4) is 0 Å². The SMILES string of the molecule is CCCC(O)(CC)c1cccs1. The van der Waals surface area contributed by atoms with E-state index in [-0.39, 0.29) is 0 Å². The zero-order chi connectivity index (χ0) is 9.03. The number of hydrogen-bond donors (Lipinski definition) is 1. The van der Waals surface area contributed by atoms with Crippen LogP contribution in [0, 0.1) is 0 Å². The van der Waals surface area contributed by atoms with Crippen molar-refractivity contribution in [2.24, 2.45) is 0 Å². The van der Waals surface area contributed by atoms with Gasteiger partial charge in [-0.1, -0.05) is 26.3 Å². The van der Waals surface area contributed by atoms with E-state index in [1.807, 2.05) is 24.4 Å². The first-order valence-corrected chi connectivity index (χ1v) is 5.37.